The monoisotopic (exact) mass is 431 g/mol. The van der Waals surface area contributed by atoms with Crippen LogP contribution in [0.5, 0.6) is 0 Å². The van der Waals surface area contributed by atoms with E-state index in [1.54, 1.807) is 4.90 Å². The Morgan fingerprint density at radius 1 is 1.35 bits per heavy atom. The minimum Gasteiger partial charge on any atom is -0.392 e. The Morgan fingerprint density at radius 2 is 2.13 bits per heavy atom. The number of amides is 1. The highest BCUT2D eigenvalue weighted by atomic mass is 16.5. The highest BCUT2D eigenvalue weighted by molar-refractivity contribution is 5.77. The van der Waals surface area contributed by atoms with Gasteiger partial charge in [-0.3, -0.25) is 4.79 Å². The molecule has 3 rings (SSSR count). The Labute approximate surface area is 186 Å². The standard InChI is InChI=1S/C25H37NO5/c1-3-4-5-18(2)23(27)7-6-21-22-15-19(14-20(22)16-24(21)28)8-11-31-17-25(29)26-9-12-30-13-10-26/h6-8,18,20-24,27-28H,5,9-17H2,1-2H3/t18-,20+,21-,22+,23-,24-/m1/s1. The largest absolute Gasteiger partial charge is 0.392 e. The molecule has 2 aliphatic carbocycles. The molecule has 3 aliphatic rings. The summed E-state index contributed by atoms with van der Waals surface area (Å²) in [5.74, 6) is 6.96. The van der Waals surface area contributed by atoms with E-state index < -0.39 is 6.10 Å². The van der Waals surface area contributed by atoms with Crippen molar-refractivity contribution in [2.24, 2.45) is 23.7 Å². The van der Waals surface area contributed by atoms with Crippen molar-refractivity contribution in [2.75, 3.05) is 39.5 Å². The highest BCUT2D eigenvalue weighted by Gasteiger charge is 2.45. The quantitative estimate of drug-likeness (QED) is 0.350. The Kier molecular flexibility index (Phi) is 9.15. The van der Waals surface area contributed by atoms with E-state index >= 15 is 0 Å². The molecule has 0 aromatic rings. The topological polar surface area (TPSA) is 79.2 Å². The molecule has 1 aliphatic heterocycles. The van der Waals surface area contributed by atoms with Crippen molar-refractivity contribution in [1.29, 1.82) is 0 Å². The second kappa shape index (κ2) is 11.8. The molecule has 2 saturated carbocycles. The van der Waals surface area contributed by atoms with Crippen molar-refractivity contribution in [3.05, 3.63) is 23.8 Å². The summed E-state index contributed by atoms with van der Waals surface area (Å²) < 4.78 is 10.9. The fraction of sp³-hybridized carbons (Fsp3) is 0.720. The summed E-state index contributed by atoms with van der Waals surface area (Å²) in [6.07, 6.45) is 8.51. The molecule has 0 aromatic carbocycles. The van der Waals surface area contributed by atoms with Crippen LogP contribution in [0, 0.1) is 35.5 Å². The molecule has 3 fully saturated rings. The summed E-state index contributed by atoms with van der Waals surface area (Å²) >= 11 is 0. The number of hydrogen-bond donors (Lipinski definition) is 2. The predicted octanol–water partition coefficient (Wildman–Crippen LogP) is 2.16. The van der Waals surface area contributed by atoms with Gasteiger partial charge in [-0.2, -0.15) is 0 Å². The first-order chi connectivity index (χ1) is 15.0. The number of aliphatic hydroxyl groups is 2. The van der Waals surface area contributed by atoms with Gasteiger partial charge in [0.15, 0.2) is 0 Å². The van der Waals surface area contributed by atoms with Crippen molar-refractivity contribution >= 4 is 5.91 Å². The molecule has 31 heavy (non-hydrogen) atoms. The van der Waals surface area contributed by atoms with Gasteiger partial charge < -0.3 is 24.6 Å². The number of ether oxygens (including phenoxy) is 2. The number of carbonyl (C=O) groups is 1. The second-order valence-corrected chi connectivity index (χ2v) is 9.07. The molecule has 0 unspecified atom stereocenters. The van der Waals surface area contributed by atoms with E-state index in [1.807, 2.05) is 26.0 Å². The normalized spacial score (nSPS) is 31.5. The molecule has 0 spiro atoms. The highest BCUT2D eigenvalue weighted by Crippen LogP contribution is 2.50. The zero-order valence-corrected chi connectivity index (χ0v) is 18.8. The maximum atomic E-state index is 12.1. The Bertz CT molecular complexity index is 715. The lowest BCUT2D eigenvalue weighted by atomic mass is 9.89. The SMILES string of the molecule is CC#CC[C@@H](C)[C@H](O)C=C[C@@H]1[C@H]2CC(=CCOCC(=O)N3CCOCC3)C[C@H]2C[C@H]1O. The predicted molar refractivity (Wildman–Crippen MR) is 119 cm³/mol. The summed E-state index contributed by atoms with van der Waals surface area (Å²) in [5.41, 5.74) is 1.35. The average molecular weight is 432 g/mol. The van der Waals surface area contributed by atoms with Gasteiger partial charge in [0.2, 0.25) is 5.91 Å². The Morgan fingerprint density at radius 3 is 2.87 bits per heavy atom. The molecule has 6 heteroatoms. The van der Waals surface area contributed by atoms with Crippen molar-refractivity contribution < 1.29 is 24.5 Å². The van der Waals surface area contributed by atoms with Gasteiger partial charge >= 0.3 is 0 Å². The fourth-order valence-electron chi connectivity index (χ4n) is 4.98. The van der Waals surface area contributed by atoms with Crippen molar-refractivity contribution in [2.45, 2.75) is 51.7 Å². The molecule has 1 heterocycles. The van der Waals surface area contributed by atoms with Gasteiger partial charge in [-0.15, -0.1) is 11.8 Å². The van der Waals surface area contributed by atoms with Gasteiger partial charge in [0.1, 0.15) is 6.61 Å². The number of fused-ring (bicyclic) bond motifs is 1. The third kappa shape index (κ3) is 6.66. The van der Waals surface area contributed by atoms with E-state index in [-0.39, 0.29) is 30.5 Å². The van der Waals surface area contributed by atoms with Crippen molar-refractivity contribution in [3.8, 4) is 11.8 Å². The lowest BCUT2D eigenvalue weighted by Crippen LogP contribution is -2.42. The Hall–Kier alpha value is -1.65. The molecule has 6 nitrogen and oxygen atoms in total. The first-order valence-electron chi connectivity index (χ1n) is 11.5. The molecule has 1 saturated heterocycles. The van der Waals surface area contributed by atoms with Crippen molar-refractivity contribution in [3.63, 3.8) is 0 Å². The minimum atomic E-state index is -0.541. The van der Waals surface area contributed by atoms with Crippen LogP contribution in [0.1, 0.15) is 39.5 Å². The van der Waals surface area contributed by atoms with Crippen molar-refractivity contribution in [1.82, 2.24) is 4.90 Å². The number of aliphatic hydroxyl groups excluding tert-OH is 2. The van der Waals surface area contributed by atoms with Gasteiger partial charge in [0, 0.05) is 25.4 Å². The summed E-state index contributed by atoms with van der Waals surface area (Å²) in [5, 5.41) is 20.9. The van der Waals surface area contributed by atoms with Gasteiger partial charge in [-0.1, -0.05) is 30.7 Å². The molecule has 0 aromatic heterocycles. The van der Waals surface area contributed by atoms with E-state index in [2.05, 4.69) is 17.9 Å². The van der Waals surface area contributed by atoms with Gasteiger partial charge in [-0.25, -0.2) is 0 Å². The zero-order chi connectivity index (χ0) is 22.2. The van der Waals surface area contributed by atoms with Crippen LogP contribution in [-0.2, 0) is 14.3 Å². The fourth-order valence-corrected chi connectivity index (χ4v) is 4.98. The van der Waals surface area contributed by atoms with E-state index in [0.717, 1.165) is 19.3 Å². The Balaban J connectivity index is 1.45. The summed E-state index contributed by atoms with van der Waals surface area (Å²) in [6, 6.07) is 0. The molecular weight excluding hydrogens is 394 g/mol. The van der Waals surface area contributed by atoms with Crippen LogP contribution in [0.2, 0.25) is 0 Å². The molecule has 6 atom stereocenters. The van der Waals surface area contributed by atoms with E-state index in [1.165, 1.54) is 5.57 Å². The van der Waals surface area contributed by atoms with Gasteiger partial charge in [0.05, 0.1) is 32.0 Å². The minimum absolute atomic E-state index is 0.0241. The van der Waals surface area contributed by atoms with E-state index in [4.69, 9.17) is 9.47 Å². The average Bonchev–Trinajstić information content (AvgIpc) is 3.30. The number of nitrogens with zero attached hydrogens (tertiary/aromatic N) is 1. The second-order valence-electron chi connectivity index (χ2n) is 9.07. The van der Waals surface area contributed by atoms with E-state index in [0.29, 0.717) is 51.2 Å². The maximum Gasteiger partial charge on any atom is 0.248 e. The third-order valence-corrected chi connectivity index (χ3v) is 6.90. The molecular formula is C25H37NO5. The first kappa shape index (κ1) is 24.0. The van der Waals surface area contributed by atoms with Crippen LogP contribution in [0.25, 0.3) is 0 Å². The summed E-state index contributed by atoms with van der Waals surface area (Å²) in [7, 11) is 0. The number of carbonyl (C=O) groups excluding carboxylic acids is 1. The van der Waals surface area contributed by atoms with Crippen LogP contribution in [0.15, 0.2) is 23.8 Å². The smallest absolute Gasteiger partial charge is 0.248 e. The number of morpholine rings is 1. The number of hydrogen-bond acceptors (Lipinski definition) is 5. The van der Waals surface area contributed by atoms with Crippen LogP contribution >= 0.6 is 0 Å². The number of rotatable bonds is 8. The van der Waals surface area contributed by atoms with Crippen LogP contribution in [0.4, 0.5) is 0 Å². The third-order valence-electron chi connectivity index (χ3n) is 6.90. The zero-order valence-electron chi connectivity index (χ0n) is 18.8. The lowest BCUT2D eigenvalue weighted by Gasteiger charge is -2.26. The summed E-state index contributed by atoms with van der Waals surface area (Å²) in [4.78, 5) is 13.9. The molecule has 0 bridgehead atoms. The van der Waals surface area contributed by atoms with Crippen LogP contribution in [0.3, 0.4) is 0 Å². The molecule has 2 N–H and O–H groups in total. The number of allylic oxidation sites excluding steroid dienone is 1. The van der Waals surface area contributed by atoms with Gasteiger partial charge in [-0.05, 0) is 43.9 Å². The summed E-state index contributed by atoms with van der Waals surface area (Å²) in [6.45, 7) is 6.84. The molecule has 172 valence electrons. The van der Waals surface area contributed by atoms with Crippen LogP contribution in [-0.4, -0.2) is 72.7 Å². The lowest BCUT2D eigenvalue weighted by molar-refractivity contribution is -0.139. The first-order valence-corrected chi connectivity index (χ1v) is 11.5. The van der Waals surface area contributed by atoms with Gasteiger partial charge in [0.25, 0.3) is 0 Å². The molecule has 1 amide bonds. The maximum absolute atomic E-state index is 12.1. The molecule has 0 radical (unpaired) electrons. The van der Waals surface area contributed by atoms with Crippen LogP contribution < -0.4 is 0 Å². The van der Waals surface area contributed by atoms with E-state index in [9.17, 15) is 15.0 Å².